The SMILES string of the molecule is O=Cc1cccc(Cc2cc(N3CCc4c(C(=O)NCCO)cccc43)ncn2)c1. The maximum Gasteiger partial charge on any atom is 0.251 e. The van der Waals surface area contributed by atoms with Crippen molar-refractivity contribution in [1.82, 2.24) is 15.3 Å². The highest BCUT2D eigenvalue weighted by Crippen LogP contribution is 2.35. The van der Waals surface area contributed by atoms with Crippen molar-refractivity contribution >= 4 is 23.7 Å². The van der Waals surface area contributed by atoms with Gasteiger partial charge in [0.15, 0.2) is 0 Å². The van der Waals surface area contributed by atoms with Crippen molar-refractivity contribution in [1.29, 1.82) is 0 Å². The van der Waals surface area contributed by atoms with E-state index in [9.17, 15) is 9.59 Å². The Balaban J connectivity index is 1.59. The van der Waals surface area contributed by atoms with Gasteiger partial charge in [-0.15, -0.1) is 0 Å². The molecule has 0 bridgehead atoms. The van der Waals surface area contributed by atoms with Crippen LogP contribution in [-0.2, 0) is 12.8 Å². The van der Waals surface area contributed by atoms with E-state index < -0.39 is 0 Å². The molecule has 0 spiro atoms. The molecular weight excluding hydrogens is 380 g/mol. The number of amides is 1. The van der Waals surface area contributed by atoms with Crippen molar-refractivity contribution in [2.45, 2.75) is 12.8 Å². The number of nitrogens with one attached hydrogen (secondary N) is 1. The fraction of sp³-hybridized carbons (Fsp3) is 0.217. The lowest BCUT2D eigenvalue weighted by molar-refractivity contribution is 0.0943. The van der Waals surface area contributed by atoms with Gasteiger partial charge >= 0.3 is 0 Å². The largest absolute Gasteiger partial charge is 0.395 e. The molecule has 2 aromatic carbocycles. The summed E-state index contributed by atoms with van der Waals surface area (Å²) in [6.07, 6.45) is 3.72. The topological polar surface area (TPSA) is 95.4 Å². The Labute approximate surface area is 174 Å². The molecule has 30 heavy (non-hydrogen) atoms. The Morgan fingerprint density at radius 1 is 1.17 bits per heavy atom. The molecule has 2 N–H and O–H groups in total. The summed E-state index contributed by atoms with van der Waals surface area (Å²) in [6, 6.07) is 15.1. The Hall–Kier alpha value is -3.58. The van der Waals surface area contributed by atoms with E-state index in [0.717, 1.165) is 47.6 Å². The second kappa shape index (κ2) is 8.84. The Morgan fingerprint density at radius 3 is 2.87 bits per heavy atom. The molecule has 3 aromatic rings. The third kappa shape index (κ3) is 4.06. The van der Waals surface area contributed by atoms with E-state index in [4.69, 9.17) is 5.11 Å². The molecule has 152 valence electrons. The van der Waals surface area contributed by atoms with E-state index in [1.54, 1.807) is 18.5 Å². The summed E-state index contributed by atoms with van der Waals surface area (Å²) >= 11 is 0. The molecule has 1 aliphatic heterocycles. The van der Waals surface area contributed by atoms with E-state index in [-0.39, 0.29) is 19.1 Å². The minimum atomic E-state index is -0.179. The molecule has 1 aromatic heterocycles. The molecular formula is C23H22N4O3. The zero-order valence-corrected chi connectivity index (χ0v) is 16.4. The quantitative estimate of drug-likeness (QED) is 0.589. The van der Waals surface area contributed by atoms with Crippen LogP contribution in [0.15, 0.2) is 54.9 Å². The predicted octanol–water partition coefficient (Wildman–Crippen LogP) is 2.30. The van der Waals surface area contributed by atoms with Gasteiger partial charge < -0.3 is 15.3 Å². The molecule has 1 aliphatic rings. The number of carbonyl (C=O) groups is 2. The highest BCUT2D eigenvalue weighted by molar-refractivity contribution is 5.98. The smallest absolute Gasteiger partial charge is 0.251 e. The number of rotatable bonds is 7. The Morgan fingerprint density at radius 2 is 2.03 bits per heavy atom. The summed E-state index contributed by atoms with van der Waals surface area (Å²) in [7, 11) is 0. The lowest BCUT2D eigenvalue weighted by Gasteiger charge is -2.19. The maximum absolute atomic E-state index is 12.4. The minimum Gasteiger partial charge on any atom is -0.395 e. The number of anilines is 2. The highest BCUT2D eigenvalue weighted by Gasteiger charge is 2.26. The third-order valence-corrected chi connectivity index (χ3v) is 5.13. The first-order valence-electron chi connectivity index (χ1n) is 9.83. The summed E-state index contributed by atoms with van der Waals surface area (Å²) in [6.45, 7) is 0.857. The average molecular weight is 402 g/mol. The molecule has 7 heteroatoms. The van der Waals surface area contributed by atoms with Gasteiger partial charge in [-0.05, 0) is 35.7 Å². The monoisotopic (exact) mass is 402 g/mol. The fourth-order valence-electron chi connectivity index (χ4n) is 3.77. The Kier molecular flexibility index (Phi) is 5.81. The van der Waals surface area contributed by atoms with Gasteiger partial charge in [0.2, 0.25) is 0 Å². The van der Waals surface area contributed by atoms with E-state index in [2.05, 4.69) is 20.2 Å². The number of carbonyl (C=O) groups excluding carboxylic acids is 2. The second-order valence-corrected chi connectivity index (χ2v) is 7.09. The van der Waals surface area contributed by atoms with Crippen LogP contribution in [0.4, 0.5) is 11.5 Å². The number of hydrogen-bond acceptors (Lipinski definition) is 6. The van der Waals surface area contributed by atoms with Gasteiger partial charge in [0.1, 0.15) is 18.4 Å². The summed E-state index contributed by atoms with van der Waals surface area (Å²) in [5.41, 5.74) is 5.07. The standard InChI is InChI=1S/C23H22N4O3/c28-10-8-24-23(30)20-5-2-6-21-19(20)7-9-27(21)22-13-18(25-15-26-22)12-16-3-1-4-17(11-16)14-29/h1-6,11,13-15,28H,7-10,12H2,(H,24,30). The van der Waals surface area contributed by atoms with Gasteiger partial charge in [0.25, 0.3) is 5.91 Å². The van der Waals surface area contributed by atoms with E-state index in [1.807, 2.05) is 36.4 Å². The molecule has 7 nitrogen and oxygen atoms in total. The van der Waals surface area contributed by atoms with Gasteiger partial charge in [0.05, 0.1) is 12.3 Å². The average Bonchev–Trinajstić information content (AvgIpc) is 3.22. The summed E-state index contributed by atoms with van der Waals surface area (Å²) < 4.78 is 0. The lowest BCUT2D eigenvalue weighted by Crippen LogP contribution is -2.27. The molecule has 0 fully saturated rings. The molecule has 0 unspecified atom stereocenters. The zero-order chi connectivity index (χ0) is 20.9. The van der Waals surface area contributed by atoms with Crippen LogP contribution >= 0.6 is 0 Å². The second-order valence-electron chi connectivity index (χ2n) is 7.09. The first kappa shape index (κ1) is 19.7. The zero-order valence-electron chi connectivity index (χ0n) is 16.4. The van der Waals surface area contributed by atoms with Crippen LogP contribution in [0.3, 0.4) is 0 Å². The number of fused-ring (bicyclic) bond motifs is 1. The van der Waals surface area contributed by atoms with Crippen LogP contribution in [0.2, 0.25) is 0 Å². The third-order valence-electron chi connectivity index (χ3n) is 5.13. The van der Waals surface area contributed by atoms with Gasteiger partial charge in [-0.3, -0.25) is 9.59 Å². The van der Waals surface area contributed by atoms with Crippen molar-refractivity contribution in [2.24, 2.45) is 0 Å². The first-order chi connectivity index (χ1) is 14.7. The molecule has 2 heterocycles. The molecule has 0 saturated heterocycles. The molecule has 4 rings (SSSR count). The summed E-state index contributed by atoms with van der Waals surface area (Å²) in [4.78, 5) is 34.4. The highest BCUT2D eigenvalue weighted by atomic mass is 16.3. The lowest BCUT2D eigenvalue weighted by atomic mass is 10.0. The van der Waals surface area contributed by atoms with Crippen molar-refractivity contribution in [2.75, 3.05) is 24.6 Å². The first-order valence-corrected chi connectivity index (χ1v) is 9.83. The molecule has 0 saturated carbocycles. The van der Waals surface area contributed by atoms with Gasteiger partial charge in [-0.2, -0.15) is 0 Å². The number of benzene rings is 2. The normalized spacial score (nSPS) is 12.5. The molecule has 0 atom stereocenters. The van der Waals surface area contributed by atoms with Crippen LogP contribution in [0, 0.1) is 0 Å². The van der Waals surface area contributed by atoms with Gasteiger partial charge in [0, 0.05) is 42.4 Å². The molecule has 0 aliphatic carbocycles. The van der Waals surface area contributed by atoms with Crippen LogP contribution < -0.4 is 10.2 Å². The van der Waals surface area contributed by atoms with Gasteiger partial charge in [-0.1, -0.05) is 24.3 Å². The maximum atomic E-state index is 12.4. The predicted molar refractivity (Wildman–Crippen MR) is 113 cm³/mol. The summed E-state index contributed by atoms with van der Waals surface area (Å²) in [5, 5.41) is 11.7. The minimum absolute atomic E-state index is 0.0909. The van der Waals surface area contributed by atoms with Gasteiger partial charge in [-0.25, -0.2) is 9.97 Å². The Bertz CT molecular complexity index is 1080. The number of aromatic nitrogens is 2. The molecule has 1 amide bonds. The number of hydrogen-bond donors (Lipinski definition) is 2. The van der Waals surface area contributed by atoms with Crippen molar-refractivity contribution < 1.29 is 14.7 Å². The van der Waals surface area contributed by atoms with E-state index in [0.29, 0.717) is 17.5 Å². The number of aliphatic hydroxyl groups excluding tert-OH is 1. The van der Waals surface area contributed by atoms with Crippen LogP contribution in [0.1, 0.15) is 37.5 Å². The fourth-order valence-corrected chi connectivity index (χ4v) is 3.77. The van der Waals surface area contributed by atoms with E-state index in [1.165, 1.54) is 0 Å². The van der Waals surface area contributed by atoms with E-state index >= 15 is 0 Å². The number of aldehydes is 1. The summed E-state index contributed by atoms with van der Waals surface area (Å²) in [5.74, 6) is 0.597. The van der Waals surface area contributed by atoms with Crippen LogP contribution in [0.5, 0.6) is 0 Å². The number of aliphatic hydroxyl groups is 1. The van der Waals surface area contributed by atoms with Crippen LogP contribution in [-0.4, -0.2) is 47.0 Å². The van der Waals surface area contributed by atoms with Crippen LogP contribution in [0.25, 0.3) is 0 Å². The van der Waals surface area contributed by atoms with Crippen molar-refractivity contribution in [3.8, 4) is 0 Å². The van der Waals surface area contributed by atoms with Crippen molar-refractivity contribution in [3.05, 3.63) is 82.8 Å². The van der Waals surface area contributed by atoms with Crippen molar-refractivity contribution in [3.63, 3.8) is 0 Å². The molecule has 0 radical (unpaired) electrons. The number of nitrogens with zero attached hydrogens (tertiary/aromatic N) is 3.